The van der Waals surface area contributed by atoms with Crippen LogP contribution in [-0.4, -0.2) is 35.0 Å². The van der Waals surface area contributed by atoms with Crippen molar-refractivity contribution in [2.75, 3.05) is 0 Å². The number of nitrogens with one attached hydrogen (secondary N) is 2. The maximum atomic E-state index is 12.4. The third kappa shape index (κ3) is 2.64. The van der Waals surface area contributed by atoms with E-state index in [2.05, 4.69) is 18.8 Å². The summed E-state index contributed by atoms with van der Waals surface area (Å²) in [5.41, 5.74) is 0.744. The molecule has 1 saturated heterocycles. The molecule has 110 valence electrons. The summed E-state index contributed by atoms with van der Waals surface area (Å²) in [5.74, 6) is -1.04. The van der Waals surface area contributed by atoms with Crippen LogP contribution < -0.4 is 10.0 Å². The molecular weight excluding hydrogens is 316 g/mol. The van der Waals surface area contributed by atoms with Crippen LogP contribution in [0.3, 0.4) is 0 Å². The number of amides is 2. The second kappa shape index (κ2) is 5.13. The molecule has 2 aromatic rings. The molecule has 1 unspecified atom stereocenters. The molecule has 21 heavy (non-hydrogen) atoms. The second-order valence-corrected chi connectivity index (χ2v) is 6.72. The number of nitrogens with zero attached hydrogens (tertiary/aromatic N) is 2. The highest BCUT2D eigenvalue weighted by Gasteiger charge is 2.31. The molecule has 2 amide bonds. The molecule has 0 bridgehead atoms. The minimum Gasteiger partial charge on any atom is -0.295 e. The predicted octanol–water partition coefficient (Wildman–Crippen LogP) is -0.225. The van der Waals surface area contributed by atoms with Crippen LogP contribution in [0.5, 0.6) is 0 Å². The van der Waals surface area contributed by atoms with Gasteiger partial charge in [0.15, 0.2) is 0 Å². The molecule has 2 heterocycles. The zero-order valence-electron chi connectivity index (χ0n) is 10.6. The van der Waals surface area contributed by atoms with E-state index in [-0.39, 0.29) is 23.3 Å². The van der Waals surface area contributed by atoms with Gasteiger partial charge in [0.25, 0.3) is 0 Å². The van der Waals surface area contributed by atoms with Gasteiger partial charge in [0.05, 0.1) is 11.7 Å². The molecule has 3 rings (SSSR count). The van der Waals surface area contributed by atoms with Crippen molar-refractivity contribution >= 4 is 44.6 Å². The molecule has 1 aliphatic rings. The van der Waals surface area contributed by atoms with Crippen LogP contribution in [0.1, 0.15) is 12.8 Å². The van der Waals surface area contributed by atoms with E-state index < -0.39 is 27.9 Å². The molecule has 0 saturated carbocycles. The summed E-state index contributed by atoms with van der Waals surface area (Å²) in [6, 6.07) is 3.65. The number of benzene rings is 1. The molecule has 1 aliphatic heterocycles. The van der Waals surface area contributed by atoms with Crippen molar-refractivity contribution in [3.63, 3.8) is 0 Å². The Morgan fingerprint density at radius 3 is 2.86 bits per heavy atom. The van der Waals surface area contributed by atoms with Crippen molar-refractivity contribution in [1.82, 2.24) is 18.8 Å². The average Bonchev–Trinajstić information content (AvgIpc) is 2.90. The smallest absolute Gasteiger partial charge is 0.244 e. The Bertz CT molecular complexity index is 830. The van der Waals surface area contributed by atoms with Gasteiger partial charge < -0.3 is 0 Å². The monoisotopic (exact) mass is 326 g/mol. The number of carbonyl (C=O) groups is 2. The standard InChI is InChI=1S/C11H10N4O4S2/c16-9-5-4-7(11(17)12-9)15-21(18,19)8-3-1-2-6-10(8)14-20-13-6/h1-3,7,15H,4-5H2,(H,12,16,17). The summed E-state index contributed by atoms with van der Waals surface area (Å²) < 4.78 is 35.1. The normalized spacial score (nSPS) is 19.7. The first kappa shape index (κ1) is 14.0. The van der Waals surface area contributed by atoms with Crippen LogP contribution >= 0.6 is 11.7 Å². The lowest BCUT2D eigenvalue weighted by molar-refractivity contribution is -0.134. The van der Waals surface area contributed by atoms with Gasteiger partial charge in [-0.25, -0.2) is 8.42 Å². The molecule has 1 aromatic carbocycles. The van der Waals surface area contributed by atoms with E-state index in [1.807, 2.05) is 0 Å². The first-order valence-electron chi connectivity index (χ1n) is 6.05. The minimum absolute atomic E-state index is 0.0292. The van der Waals surface area contributed by atoms with Crippen molar-refractivity contribution < 1.29 is 18.0 Å². The number of hydrogen-bond donors (Lipinski definition) is 2. The fourth-order valence-corrected chi connectivity index (χ4v) is 4.05. The largest absolute Gasteiger partial charge is 0.295 e. The van der Waals surface area contributed by atoms with Gasteiger partial charge in [-0.3, -0.25) is 14.9 Å². The number of hydrogen-bond acceptors (Lipinski definition) is 7. The summed E-state index contributed by atoms with van der Waals surface area (Å²) in [6.45, 7) is 0. The number of aromatic nitrogens is 2. The lowest BCUT2D eigenvalue weighted by Gasteiger charge is -2.21. The third-order valence-corrected chi connectivity index (χ3v) is 5.12. The Kier molecular flexibility index (Phi) is 3.43. The summed E-state index contributed by atoms with van der Waals surface area (Å²) in [7, 11) is -3.92. The molecule has 1 fully saturated rings. The summed E-state index contributed by atoms with van der Waals surface area (Å²) in [5, 5.41) is 2.10. The minimum atomic E-state index is -3.92. The fraction of sp³-hybridized carbons (Fsp3) is 0.273. The molecule has 10 heteroatoms. The van der Waals surface area contributed by atoms with Gasteiger partial charge in [-0.2, -0.15) is 13.5 Å². The number of carbonyl (C=O) groups excluding carboxylic acids is 2. The van der Waals surface area contributed by atoms with Gasteiger partial charge in [-0.05, 0) is 18.6 Å². The first-order chi connectivity index (χ1) is 9.97. The van der Waals surface area contributed by atoms with E-state index in [9.17, 15) is 18.0 Å². The Morgan fingerprint density at radius 1 is 1.29 bits per heavy atom. The Labute approximate surface area is 123 Å². The number of piperidine rings is 1. The van der Waals surface area contributed by atoms with Crippen LogP contribution in [0.2, 0.25) is 0 Å². The average molecular weight is 326 g/mol. The Hall–Kier alpha value is -1.91. The quantitative estimate of drug-likeness (QED) is 0.753. The van der Waals surface area contributed by atoms with Crippen molar-refractivity contribution in [2.45, 2.75) is 23.8 Å². The van der Waals surface area contributed by atoms with Gasteiger partial charge >= 0.3 is 0 Å². The zero-order valence-corrected chi connectivity index (χ0v) is 12.2. The molecule has 0 spiro atoms. The maximum Gasteiger partial charge on any atom is 0.244 e. The molecule has 1 aromatic heterocycles. The summed E-state index contributed by atoms with van der Waals surface area (Å²) in [4.78, 5) is 22.7. The molecule has 0 aliphatic carbocycles. The van der Waals surface area contributed by atoms with E-state index >= 15 is 0 Å². The Morgan fingerprint density at radius 2 is 2.10 bits per heavy atom. The van der Waals surface area contributed by atoms with Gasteiger partial charge in [-0.1, -0.05) is 6.07 Å². The third-order valence-electron chi connectivity index (χ3n) is 3.08. The Balaban J connectivity index is 1.92. The van der Waals surface area contributed by atoms with Gasteiger partial charge in [0.1, 0.15) is 22.0 Å². The zero-order chi connectivity index (χ0) is 15.0. The van der Waals surface area contributed by atoms with Gasteiger partial charge in [0, 0.05) is 6.42 Å². The van der Waals surface area contributed by atoms with Crippen LogP contribution in [0.4, 0.5) is 0 Å². The maximum absolute atomic E-state index is 12.4. The van der Waals surface area contributed by atoms with Crippen LogP contribution in [0.15, 0.2) is 23.1 Å². The lowest BCUT2D eigenvalue weighted by atomic mass is 10.1. The number of rotatable bonds is 3. The number of sulfonamides is 1. The van der Waals surface area contributed by atoms with Crippen LogP contribution in [-0.2, 0) is 19.6 Å². The summed E-state index contributed by atoms with van der Waals surface area (Å²) in [6.07, 6.45) is 0.233. The highest BCUT2D eigenvalue weighted by atomic mass is 32.2. The van der Waals surface area contributed by atoms with Gasteiger partial charge in [-0.15, -0.1) is 0 Å². The summed E-state index contributed by atoms with van der Waals surface area (Å²) >= 11 is 0.914. The molecule has 1 atom stereocenters. The number of imide groups is 1. The number of fused-ring (bicyclic) bond motifs is 1. The second-order valence-electron chi connectivity index (χ2n) is 4.51. The fourth-order valence-electron chi connectivity index (χ4n) is 2.05. The SMILES string of the molecule is O=C1CCC(NS(=O)(=O)c2cccc3nsnc23)C(=O)N1. The highest BCUT2D eigenvalue weighted by molar-refractivity contribution is 7.89. The van der Waals surface area contributed by atoms with E-state index in [1.54, 1.807) is 12.1 Å². The molecule has 8 nitrogen and oxygen atoms in total. The topological polar surface area (TPSA) is 118 Å². The molecular formula is C11H10N4O4S2. The lowest BCUT2D eigenvalue weighted by Crippen LogP contribution is -2.52. The first-order valence-corrected chi connectivity index (χ1v) is 8.26. The van der Waals surface area contributed by atoms with E-state index in [0.717, 1.165) is 11.7 Å². The van der Waals surface area contributed by atoms with Gasteiger partial charge in [0.2, 0.25) is 21.8 Å². The van der Waals surface area contributed by atoms with E-state index in [1.165, 1.54) is 6.07 Å². The predicted molar refractivity (Wildman–Crippen MR) is 73.9 cm³/mol. The van der Waals surface area contributed by atoms with Crippen molar-refractivity contribution in [1.29, 1.82) is 0 Å². The van der Waals surface area contributed by atoms with Crippen LogP contribution in [0.25, 0.3) is 11.0 Å². The van der Waals surface area contributed by atoms with Crippen molar-refractivity contribution in [3.05, 3.63) is 18.2 Å². The highest BCUT2D eigenvalue weighted by Crippen LogP contribution is 2.21. The van der Waals surface area contributed by atoms with Crippen LogP contribution in [0, 0.1) is 0 Å². The van der Waals surface area contributed by atoms with E-state index in [4.69, 9.17) is 0 Å². The molecule has 0 radical (unpaired) electrons. The van der Waals surface area contributed by atoms with Crippen molar-refractivity contribution in [3.8, 4) is 0 Å². The van der Waals surface area contributed by atoms with Crippen molar-refractivity contribution in [2.24, 2.45) is 0 Å². The molecule has 2 N–H and O–H groups in total. The van der Waals surface area contributed by atoms with E-state index in [0.29, 0.717) is 5.52 Å².